The molecule has 3 rings (SSSR count). The molecule has 26 heavy (non-hydrogen) atoms. The number of rotatable bonds is 6. The number of methoxy groups -OCH3 is 1. The minimum Gasteiger partial charge on any atom is -0.497 e. The van der Waals surface area contributed by atoms with Crippen molar-refractivity contribution in [3.8, 4) is 17.1 Å². The summed E-state index contributed by atoms with van der Waals surface area (Å²) in [5.74, 6) is 1.01. The van der Waals surface area contributed by atoms with Crippen LogP contribution in [0.1, 0.15) is 21.5 Å². The molecule has 0 aliphatic rings. The highest BCUT2D eigenvalue weighted by molar-refractivity contribution is 5.94. The first-order chi connectivity index (χ1) is 12.6. The number of nitrogens with one attached hydrogen (secondary N) is 1. The van der Waals surface area contributed by atoms with Gasteiger partial charge in [-0.3, -0.25) is 4.79 Å². The van der Waals surface area contributed by atoms with Crippen molar-refractivity contribution in [2.24, 2.45) is 5.73 Å². The van der Waals surface area contributed by atoms with E-state index in [2.05, 4.69) is 15.3 Å². The van der Waals surface area contributed by atoms with Gasteiger partial charge in [-0.25, -0.2) is 9.97 Å². The third-order valence-electron chi connectivity index (χ3n) is 4.06. The van der Waals surface area contributed by atoms with Crippen LogP contribution in [0.15, 0.2) is 54.9 Å². The van der Waals surface area contributed by atoms with Crippen molar-refractivity contribution in [3.05, 3.63) is 71.5 Å². The molecular weight excluding hydrogens is 328 g/mol. The fourth-order valence-corrected chi connectivity index (χ4v) is 2.50. The average molecular weight is 348 g/mol. The molecule has 0 bridgehead atoms. The molecule has 0 unspecified atom stereocenters. The molecule has 0 aliphatic heterocycles. The van der Waals surface area contributed by atoms with E-state index in [9.17, 15) is 4.79 Å². The van der Waals surface area contributed by atoms with E-state index < -0.39 is 5.91 Å². The van der Waals surface area contributed by atoms with Gasteiger partial charge in [0, 0.05) is 41.3 Å². The summed E-state index contributed by atoms with van der Waals surface area (Å²) in [6, 6.07) is 12.9. The molecule has 1 aromatic heterocycles. The molecule has 0 spiro atoms. The van der Waals surface area contributed by atoms with Crippen LogP contribution in [-0.4, -0.2) is 23.0 Å². The highest BCUT2D eigenvalue weighted by atomic mass is 16.5. The van der Waals surface area contributed by atoms with Crippen LogP contribution >= 0.6 is 0 Å². The number of aryl methyl sites for hydroxylation is 1. The Labute approximate surface area is 152 Å². The monoisotopic (exact) mass is 348 g/mol. The zero-order valence-corrected chi connectivity index (χ0v) is 14.7. The van der Waals surface area contributed by atoms with Gasteiger partial charge in [0.15, 0.2) is 5.82 Å². The number of nitrogens with two attached hydrogens (primary N) is 1. The van der Waals surface area contributed by atoms with Crippen LogP contribution in [0.2, 0.25) is 0 Å². The van der Waals surface area contributed by atoms with Gasteiger partial charge in [0.05, 0.1) is 7.11 Å². The summed E-state index contributed by atoms with van der Waals surface area (Å²) in [6.07, 6.45) is 3.57. The van der Waals surface area contributed by atoms with Crippen molar-refractivity contribution in [1.82, 2.24) is 9.97 Å². The second-order valence-electron chi connectivity index (χ2n) is 5.89. The number of anilines is 1. The van der Waals surface area contributed by atoms with Crippen molar-refractivity contribution in [2.45, 2.75) is 13.5 Å². The minimum absolute atomic E-state index is 0.444. The lowest BCUT2D eigenvalue weighted by atomic mass is 10.1. The summed E-state index contributed by atoms with van der Waals surface area (Å²) in [5.41, 5.74) is 9.57. The number of hydrogen-bond donors (Lipinski definition) is 2. The van der Waals surface area contributed by atoms with Crippen LogP contribution in [0.4, 0.5) is 5.69 Å². The van der Waals surface area contributed by atoms with Gasteiger partial charge in [-0.05, 0) is 48.9 Å². The van der Waals surface area contributed by atoms with Gasteiger partial charge in [-0.15, -0.1) is 0 Å². The first-order valence-electron chi connectivity index (χ1n) is 8.16. The van der Waals surface area contributed by atoms with E-state index >= 15 is 0 Å². The maximum absolute atomic E-state index is 11.3. The Hall–Kier alpha value is -3.41. The summed E-state index contributed by atoms with van der Waals surface area (Å²) in [4.78, 5) is 20.2. The molecule has 132 valence electrons. The Morgan fingerprint density at radius 2 is 1.81 bits per heavy atom. The van der Waals surface area contributed by atoms with Gasteiger partial charge >= 0.3 is 0 Å². The summed E-state index contributed by atoms with van der Waals surface area (Å²) in [5, 5.41) is 3.29. The molecule has 3 N–H and O–H groups in total. The van der Waals surface area contributed by atoms with Crippen molar-refractivity contribution < 1.29 is 9.53 Å². The second-order valence-corrected chi connectivity index (χ2v) is 5.89. The molecular formula is C20H20N4O2. The van der Waals surface area contributed by atoms with E-state index in [1.165, 1.54) is 0 Å². The molecule has 0 saturated heterocycles. The predicted molar refractivity (Wildman–Crippen MR) is 101 cm³/mol. The van der Waals surface area contributed by atoms with E-state index in [-0.39, 0.29) is 0 Å². The smallest absolute Gasteiger partial charge is 0.248 e. The summed E-state index contributed by atoms with van der Waals surface area (Å²) in [7, 11) is 1.63. The SMILES string of the molecule is COc1ccc(-c2ncc(CNc3cc(C(N)=O)ccc3C)cn2)cc1. The zero-order valence-electron chi connectivity index (χ0n) is 14.7. The largest absolute Gasteiger partial charge is 0.497 e. The van der Waals surface area contributed by atoms with Crippen LogP contribution in [0.3, 0.4) is 0 Å². The Morgan fingerprint density at radius 1 is 1.12 bits per heavy atom. The van der Waals surface area contributed by atoms with Crippen LogP contribution in [-0.2, 0) is 6.54 Å². The van der Waals surface area contributed by atoms with Gasteiger partial charge in [0.1, 0.15) is 5.75 Å². The second kappa shape index (κ2) is 7.65. The Bertz CT molecular complexity index is 906. The first kappa shape index (κ1) is 17.4. The standard InChI is InChI=1S/C20H20N4O2/c1-13-3-4-16(19(21)25)9-18(13)22-10-14-11-23-20(24-12-14)15-5-7-17(26-2)8-6-15/h3-9,11-12,22H,10H2,1-2H3,(H2,21,25). The minimum atomic E-state index is -0.444. The van der Waals surface area contributed by atoms with Gasteiger partial charge in [0.25, 0.3) is 0 Å². The molecule has 6 heteroatoms. The Morgan fingerprint density at radius 3 is 2.42 bits per heavy atom. The fraction of sp³-hybridized carbons (Fsp3) is 0.150. The van der Waals surface area contributed by atoms with Crippen molar-refractivity contribution in [3.63, 3.8) is 0 Å². The summed E-state index contributed by atoms with van der Waals surface area (Å²) in [6.45, 7) is 2.52. The number of aromatic nitrogens is 2. The molecule has 0 fully saturated rings. The molecule has 3 aromatic rings. The lowest BCUT2D eigenvalue weighted by Gasteiger charge is -2.11. The third-order valence-corrected chi connectivity index (χ3v) is 4.06. The van der Waals surface area contributed by atoms with E-state index in [0.717, 1.165) is 28.1 Å². The maximum Gasteiger partial charge on any atom is 0.248 e. The average Bonchev–Trinajstić information content (AvgIpc) is 2.67. The van der Waals surface area contributed by atoms with E-state index in [1.54, 1.807) is 31.6 Å². The Balaban J connectivity index is 1.69. The van der Waals surface area contributed by atoms with Crippen molar-refractivity contribution >= 4 is 11.6 Å². The zero-order chi connectivity index (χ0) is 18.5. The van der Waals surface area contributed by atoms with E-state index in [4.69, 9.17) is 10.5 Å². The first-order valence-corrected chi connectivity index (χ1v) is 8.16. The van der Waals surface area contributed by atoms with Crippen LogP contribution in [0.5, 0.6) is 5.75 Å². The number of ether oxygens (including phenoxy) is 1. The third kappa shape index (κ3) is 3.97. The van der Waals surface area contributed by atoms with Gasteiger partial charge in [0.2, 0.25) is 5.91 Å². The molecule has 6 nitrogen and oxygen atoms in total. The van der Waals surface area contributed by atoms with Crippen LogP contribution in [0.25, 0.3) is 11.4 Å². The van der Waals surface area contributed by atoms with E-state index in [1.807, 2.05) is 37.3 Å². The molecule has 2 aromatic carbocycles. The molecule has 0 atom stereocenters. The summed E-state index contributed by atoms with van der Waals surface area (Å²) >= 11 is 0. The number of amides is 1. The molecule has 0 saturated carbocycles. The van der Waals surface area contributed by atoms with Crippen molar-refractivity contribution in [1.29, 1.82) is 0 Å². The van der Waals surface area contributed by atoms with Gasteiger partial charge in [-0.1, -0.05) is 6.07 Å². The molecule has 0 aliphatic carbocycles. The highest BCUT2D eigenvalue weighted by Crippen LogP contribution is 2.20. The highest BCUT2D eigenvalue weighted by Gasteiger charge is 2.06. The number of benzene rings is 2. The molecule has 1 heterocycles. The Kier molecular flexibility index (Phi) is 5.12. The maximum atomic E-state index is 11.3. The number of carbonyl (C=O) groups is 1. The van der Waals surface area contributed by atoms with Gasteiger partial charge < -0.3 is 15.8 Å². The lowest BCUT2D eigenvalue weighted by molar-refractivity contribution is 0.100. The van der Waals surface area contributed by atoms with Crippen molar-refractivity contribution in [2.75, 3.05) is 12.4 Å². The summed E-state index contributed by atoms with van der Waals surface area (Å²) < 4.78 is 5.15. The quantitative estimate of drug-likeness (QED) is 0.714. The number of primary amides is 1. The fourth-order valence-electron chi connectivity index (χ4n) is 2.50. The molecule has 1 amide bonds. The number of hydrogen-bond acceptors (Lipinski definition) is 5. The van der Waals surface area contributed by atoms with Crippen LogP contribution in [0, 0.1) is 6.92 Å². The van der Waals surface area contributed by atoms with Crippen LogP contribution < -0.4 is 15.8 Å². The van der Waals surface area contributed by atoms with E-state index in [0.29, 0.717) is 17.9 Å². The normalized spacial score (nSPS) is 10.4. The number of nitrogens with zero attached hydrogens (tertiary/aromatic N) is 2. The molecule has 0 radical (unpaired) electrons. The lowest BCUT2D eigenvalue weighted by Crippen LogP contribution is -2.12. The number of carbonyl (C=O) groups excluding carboxylic acids is 1. The topological polar surface area (TPSA) is 90.1 Å². The predicted octanol–water partition coefficient (Wildman–Crippen LogP) is 3.17. The van der Waals surface area contributed by atoms with Gasteiger partial charge in [-0.2, -0.15) is 0 Å².